The molecule has 1 N–H and O–H groups in total. The predicted molar refractivity (Wildman–Crippen MR) is 245 cm³/mol. The molecule has 1 atom stereocenters. The molecule has 8 rings (SSSR count). The van der Waals surface area contributed by atoms with Gasteiger partial charge < -0.3 is 9.67 Å². The fraction of sp³-hybridized carbons (Fsp3) is 0.321. The number of hydrogen-bond acceptors (Lipinski definition) is 3. The van der Waals surface area contributed by atoms with E-state index in [4.69, 9.17) is 0 Å². The van der Waals surface area contributed by atoms with Gasteiger partial charge >= 0.3 is 5.97 Å². The van der Waals surface area contributed by atoms with Gasteiger partial charge in [0, 0.05) is 43.4 Å². The van der Waals surface area contributed by atoms with Gasteiger partial charge in [0.05, 0.1) is 5.52 Å². The normalized spacial score (nSPS) is 13.9. The molecule has 4 nitrogen and oxygen atoms in total. The summed E-state index contributed by atoms with van der Waals surface area (Å²) in [6.07, 6.45) is 13.2. The number of thiophene rings is 1. The molecule has 5 heteroatoms. The summed E-state index contributed by atoms with van der Waals surface area (Å²) in [6.45, 7) is 10.3. The zero-order valence-corrected chi connectivity index (χ0v) is 35.2. The third-order valence-electron chi connectivity index (χ3n) is 12.9. The molecular formula is C53H54N2O2S. The Morgan fingerprint density at radius 3 is 2.12 bits per heavy atom. The van der Waals surface area contributed by atoms with Crippen molar-refractivity contribution < 1.29 is 9.90 Å². The Bertz CT molecular complexity index is 2710. The number of carbonyl (C=O) groups is 1. The Balaban J connectivity index is 1.25. The van der Waals surface area contributed by atoms with Crippen molar-refractivity contribution in [2.24, 2.45) is 5.92 Å². The quantitative estimate of drug-likeness (QED) is 0.0784. The molecule has 0 aliphatic heterocycles. The van der Waals surface area contributed by atoms with E-state index in [2.05, 4.69) is 129 Å². The molecule has 294 valence electrons. The lowest BCUT2D eigenvalue weighted by Gasteiger charge is -2.33. The van der Waals surface area contributed by atoms with E-state index in [1.54, 1.807) is 0 Å². The van der Waals surface area contributed by atoms with E-state index in [-0.39, 0.29) is 11.0 Å². The van der Waals surface area contributed by atoms with E-state index >= 15 is 0 Å². The molecule has 0 amide bonds. The summed E-state index contributed by atoms with van der Waals surface area (Å²) in [6, 6.07) is 40.7. The molecule has 0 saturated heterocycles. The topological polar surface area (TPSA) is 66.0 Å². The van der Waals surface area contributed by atoms with Crippen LogP contribution in [0.15, 0.2) is 109 Å². The average Bonchev–Trinajstić information content (AvgIpc) is 3.93. The van der Waals surface area contributed by atoms with Gasteiger partial charge in [-0.2, -0.15) is 5.26 Å². The molecule has 2 aromatic heterocycles. The summed E-state index contributed by atoms with van der Waals surface area (Å²) in [4.78, 5) is 13.4. The maximum absolute atomic E-state index is 11.5. The Hall–Kier alpha value is -5.44. The first-order chi connectivity index (χ1) is 28.3. The third-order valence-corrected chi connectivity index (χ3v) is 14.0. The lowest BCUT2D eigenvalue weighted by Crippen LogP contribution is -2.25. The molecule has 2 heterocycles. The zero-order chi connectivity index (χ0) is 40.4. The molecule has 0 bridgehead atoms. The van der Waals surface area contributed by atoms with Crippen LogP contribution in [0.2, 0.25) is 0 Å². The van der Waals surface area contributed by atoms with Gasteiger partial charge in [0.25, 0.3) is 0 Å². The number of benzene rings is 5. The molecular weight excluding hydrogens is 729 g/mol. The Morgan fingerprint density at radius 1 is 0.759 bits per heavy atom. The van der Waals surface area contributed by atoms with Crippen LogP contribution in [0.5, 0.6) is 0 Å². The first-order valence-electron chi connectivity index (χ1n) is 21.5. The average molecular weight is 783 g/mol. The number of rotatable bonds is 16. The summed E-state index contributed by atoms with van der Waals surface area (Å²) < 4.78 is 2.64. The van der Waals surface area contributed by atoms with Crippen molar-refractivity contribution in [1.82, 2.24) is 4.57 Å². The van der Waals surface area contributed by atoms with Crippen molar-refractivity contribution in [1.29, 1.82) is 5.26 Å². The molecule has 1 unspecified atom stereocenters. The van der Waals surface area contributed by atoms with Crippen LogP contribution in [0.4, 0.5) is 0 Å². The molecule has 0 saturated carbocycles. The summed E-state index contributed by atoms with van der Waals surface area (Å²) in [5, 5.41) is 24.1. The second-order valence-corrected chi connectivity index (χ2v) is 17.5. The molecule has 1 aliphatic rings. The van der Waals surface area contributed by atoms with Gasteiger partial charge in [0.15, 0.2) is 0 Å². The van der Waals surface area contributed by atoms with Crippen LogP contribution in [0.1, 0.15) is 108 Å². The number of hydrogen-bond donors (Lipinski definition) is 1. The highest BCUT2D eigenvalue weighted by Gasteiger charge is 2.42. The van der Waals surface area contributed by atoms with Gasteiger partial charge in [-0.15, -0.1) is 11.3 Å². The van der Waals surface area contributed by atoms with Crippen LogP contribution in [-0.4, -0.2) is 15.6 Å². The molecule has 5 aromatic carbocycles. The largest absolute Gasteiger partial charge is 0.477 e. The number of nitriles is 1. The summed E-state index contributed by atoms with van der Waals surface area (Å²) in [5.74, 6) is -0.561. The summed E-state index contributed by atoms with van der Waals surface area (Å²) in [5.41, 5.74) is 11.5. The van der Waals surface area contributed by atoms with Crippen LogP contribution in [0.3, 0.4) is 0 Å². The van der Waals surface area contributed by atoms with E-state index in [9.17, 15) is 15.2 Å². The van der Waals surface area contributed by atoms with Crippen molar-refractivity contribution >= 4 is 56.0 Å². The minimum atomic E-state index is -1.20. The Labute approximate surface area is 347 Å². The van der Waals surface area contributed by atoms with Gasteiger partial charge in [-0.25, -0.2) is 4.79 Å². The van der Waals surface area contributed by atoms with Gasteiger partial charge in [-0.05, 0) is 112 Å². The Morgan fingerprint density at radius 2 is 1.43 bits per heavy atom. The fourth-order valence-electron chi connectivity index (χ4n) is 9.73. The first kappa shape index (κ1) is 39.4. The molecule has 1 aliphatic carbocycles. The van der Waals surface area contributed by atoms with Crippen LogP contribution in [-0.2, 0) is 16.8 Å². The summed E-state index contributed by atoms with van der Waals surface area (Å²) >= 11 is 1.53. The van der Waals surface area contributed by atoms with Crippen LogP contribution >= 0.6 is 11.3 Å². The number of aromatic nitrogens is 1. The van der Waals surface area contributed by atoms with E-state index in [0.717, 1.165) is 60.4 Å². The maximum atomic E-state index is 11.5. The smallest absolute Gasteiger partial charge is 0.346 e. The number of carboxylic acids is 1. The van der Waals surface area contributed by atoms with E-state index < -0.39 is 5.97 Å². The highest BCUT2D eigenvalue weighted by Crippen LogP contribution is 2.56. The van der Waals surface area contributed by atoms with E-state index in [1.807, 2.05) is 12.1 Å². The monoisotopic (exact) mass is 782 g/mol. The van der Waals surface area contributed by atoms with Crippen LogP contribution < -0.4 is 0 Å². The number of unbranched alkanes of at least 4 members (excludes halogenated alkanes) is 3. The maximum Gasteiger partial charge on any atom is 0.346 e. The van der Waals surface area contributed by atoms with Crippen LogP contribution in [0.25, 0.3) is 71.3 Å². The fourth-order valence-corrected chi connectivity index (χ4v) is 10.7. The van der Waals surface area contributed by atoms with Crippen molar-refractivity contribution in [3.05, 3.63) is 125 Å². The molecule has 0 fully saturated rings. The minimum absolute atomic E-state index is 0.104. The van der Waals surface area contributed by atoms with Crippen LogP contribution in [0, 0.1) is 17.2 Å². The van der Waals surface area contributed by atoms with Crippen molar-refractivity contribution in [2.45, 2.75) is 104 Å². The lowest BCUT2D eigenvalue weighted by molar-refractivity contribution is -0.132. The number of aliphatic carboxylic acids is 1. The van der Waals surface area contributed by atoms with Gasteiger partial charge in [0.1, 0.15) is 11.6 Å². The molecule has 7 aromatic rings. The Kier molecular flexibility index (Phi) is 11.4. The molecule has 0 spiro atoms. The molecule has 0 radical (unpaired) electrons. The number of fused-ring (bicyclic) bond motifs is 8. The minimum Gasteiger partial charge on any atom is -0.477 e. The summed E-state index contributed by atoms with van der Waals surface area (Å²) in [7, 11) is 0. The van der Waals surface area contributed by atoms with Crippen molar-refractivity contribution in [3.8, 4) is 38.8 Å². The van der Waals surface area contributed by atoms with E-state index in [0.29, 0.717) is 5.92 Å². The standard InChI is InChI=1S/C53H54N2O2S/c1-5-9-14-35(8-4)34-55-49-25-20-37(30-46(49)45-24-17-36-15-12-13-16-42(36)51(45)55)38-18-22-43-44-23-19-39(50-26-21-41(58-50)29-40(33-54)52(56)57)32-48(44)53(27-10-6-2,28-11-7-3)47(43)31-38/h12-13,15-26,29-32,35H,5-11,14,27-28,34H2,1-4H3,(H,56,57)/b40-29-. The number of carboxylic acid groups (broad SMARTS) is 1. The van der Waals surface area contributed by atoms with Gasteiger partial charge in [0.2, 0.25) is 0 Å². The SMILES string of the molecule is CCCCC(CC)Cn1c2ccc(-c3ccc4c(c3)C(CCCC)(CCCC)c3cc(-c5ccc(/C=C(/C#N)C(=O)O)s5)ccc3-4)cc2c2ccc3ccccc3c21. The molecule has 58 heavy (non-hydrogen) atoms. The second kappa shape index (κ2) is 16.8. The van der Waals surface area contributed by atoms with Crippen molar-refractivity contribution in [2.75, 3.05) is 0 Å². The third kappa shape index (κ3) is 7.07. The lowest BCUT2D eigenvalue weighted by atomic mass is 9.70. The highest BCUT2D eigenvalue weighted by atomic mass is 32.1. The highest BCUT2D eigenvalue weighted by molar-refractivity contribution is 7.16. The van der Waals surface area contributed by atoms with Crippen molar-refractivity contribution in [3.63, 3.8) is 0 Å². The van der Waals surface area contributed by atoms with Gasteiger partial charge in [-0.1, -0.05) is 139 Å². The second-order valence-electron chi connectivity index (χ2n) is 16.4. The first-order valence-corrected chi connectivity index (χ1v) is 22.3. The predicted octanol–water partition coefficient (Wildman–Crippen LogP) is 15.2. The van der Waals surface area contributed by atoms with Gasteiger partial charge in [-0.3, -0.25) is 0 Å². The zero-order valence-electron chi connectivity index (χ0n) is 34.4. The number of nitrogens with zero attached hydrogens (tertiary/aromatic N) is 2. The van der Waals surface area contributed by atoms with E-state index in [1.165, 1.54) is 109 Å².